The molecule has 0 unspecified atom stereocenters. The number of hydrogen-bond acceptors (Lipinski definition) is 3. The molecule has 0 aromatic heterocycles. The number of rotatable bonds is 9. The van der Waals surface area contributed by atoms with Gasteiger partial charge in [-0.05, 0) is 16.6 Å². The quantitative estimate of drug-likeness (QED) is 0.352. The van der Waals surface area contributed by atoms with Gasteiger partial charge >= 0.3 is 25.7 Å². The Hall–Kier alpha value is -0.249. The van der Waals surface area contributed by atoms with Gasteiger partial charge in [-0.1, -0.05) is 59.8 Å². The molecule has 0 amide bonds. The molecule has 0 aliphatic carbocycles. The Balaban J connectivity index is 3.56. The molecule has 0 aromatic rings. The van der Waals surface area contributed by atoms with Crippen LogP contribution in [0.2, 0.25) is 34.8 Å². The largest absolute Gasteiger partial charge is 0.415 e. The predicted molar refractivity (Wildman–Crippen MR) is 111 cm³/mol. The molecule has 1 aliphatic heterocycles. The maximum absolute atomic E-state index is 6.91. The van der Waals surface area contributed by atoms with E-state index in [9.17, 15) is 0 Å². The topological polar surface area (TPSA) is 27.7 Å². The molecule has 0 bridgehead atoms. The average Bonchev–Trinajstić information content (AvgIpc) is 2.47. The van der Waals surface area contributed by atoms with Gasteiger partial charge in [0.1, 0.15) is 0 Å². The van der Waals surface area contributed by atoms with Crippen LogP contribution in [0.4, 0.5) is 0 Å². The lowest BCUT2D eigenvalue weighted by atomic mass is 10.6. The number of allylic oxidation sites excluding steroid dienone is 3. The molecule has 1 fully saturated rings. The fourth-order valence-corrected chi connectivity index (χ4v) is 22.1. The molecule has 6 heteroatoms. The fourth-order valence-electron chi connectivity index (χ4n) is 3.21. The van der Waals surface area contributed by atoms with E-state index in [4.69, 9.17) is 12.3 Å². The molecular weight excluding hydrogens is 348 g/mol. The summed E-state index contributed by atoms with van der Waals surface area (Å²) in [5.74, 6) is 0. The summed E-state index contributed by atoms with van der Waals surface area (Å²) in [5, 5.41) is 0. The molecule has 0 spiro atoms. The van der Waals surface area contributed by atoms with Gasteiger partial charge in [0.15, 0.2) is 0 Å². The summed E-state index contributed by atoms with van der Waals surface area (Å²) in [6, 6.07) is 2.43. The zero-order valence-corrected chi connectivity index (χ0v) is 19.4. The summed E-state index contributed by atoms with van der Waals surface area (Å²) < 4.78 is 20.7. The first-order valence-electron chi connectivity index (χ1n) is 9.07. The van der Waals surface area contributed by atoms with Gasteiger partial charge in [-0.2, -0.15) is 0 Å². The highest BCUT2D eigenvalue weighted by Gasteiger charge is 2.64. The van der Waals surface area contributed by atoms with Crippen LogP contribution in [-0.2, 0) is 12.3 Å². The van der Waals surface area contributed by atoms with Gasteiger partial charge in [0, 0.05) is 18.1 Å². The first-order valence-corrected chi connectivity index (χ1v) is 15.4. The van der Waals surface area contributed by atoms with Gasteiger partial charge in [0.25, 0.3) is 0 Å². The van der Waals surface area contributed by atoms with E-state index in [-0.39, 0.29) is 0 Å². The van der Waals surface area contributed by atoms with Gasteiger partial charge in [0.2, 0.25) is 0 Å². The first-order chi connectivity index (χ1) is 11.1. The van der Waals surface area contributed by atoms with E-state index >= 15 is 0 Å². The molecule has 0 N–H and O–H groups in total. The first kappa shape index (κ1) is 21.8. The summed E-state index contributed by atoms with van der Waals surface area (Å²) in [7, 11) is -7.34. The van der Waals surface area contributed by atoms with Gasteiger partial charge in [-0.25, -0.2) is 0 Å². The van der Waals surface area contributed by atoms with Crippen LogP contribution in [0.25, 0.3) is 0 Å². The van der Waals surface area contributed by atoms with Crippen molar-refractivity contribution in [1.82, 2.24) is 0 Å². The molecule has 1 aliphatic rings. The monoisotopic (exact) mass is 384 g/mol. The molecule has 0 aromatic carbocycles. The number of hydrogen-bond donors (Lipinski definition) is 0. The average molecular weight is 385 g/mol. The lowest BCUT2D eigenvalue weighted by Gasteiger charge is -2.57. The predicted octanol–water partition coefficient (Wildman–Crippen LogP) is 6.16. The minimum absolute atomic E-state index is 0.352. The van der Waals surface area contributed by atoms with Crippen molar-refractivity contribution in [2.45, 2.75) is 76.3 Å². The van der Waals surface area contributed by atoms with E-state index in [0.29, 0.717) is 16.6 Å². The van der Waals surface area contributed by atoms with Crippen LogP contribution in [0.3, 0.4) is 0 Å². The van der Waals surface area contributed by atoms with Crippen molar-refractivity contribution in [2.24, 2.45) is 0 Å². The molecule has 24 heavy (non-hydrogen) atoms. The van der Waals surface area contributed by atoms with Gasteiger partial charge in [-0.3, -0.25) is 0 Å². The summed E-state index contributed by atoms with van der Waals surface area (Å²) in [4.78, 5) is 0. The molecule has 3 nitrogen and oxygen atoms in total. The Morgan fingerprint density at radius 1 is 0.583 bits per heavy atom. The fraction of sp³-hybridized carbons (Fsp3) is 0.667. The highest BCUT2D eigenvalue weighted by molar-refractivity contribution is 6.96. The van der Waals surface area contributed by atoms with Gasteiger partial charge in [-0.15, -0.1) is 19.7 Å². The molecule has 1 saturated heterocycles. The minimum Gasteiger partial charge on any atom is -0.415 e. The zero-order valence-electron chi connectivity index (χ0n) is 16.4. The summed E-state index contributed by atoms with van der Waals surface area (Å²) in [5.41, 5.74) is 1.06. The highest BCUT2D eigenvalue weighted by atomic mass is 28.5. The van der Waals surface area contributed by atoms with E-state index in [0.717, 1.165) is 18.1 Å². The molecule has 138 valence electrons. The van der Waals surface area contributed by atoms with E-state index in [2.05, 4.69) is 61.3 Å². The third-order valence-corrected chi connectivity index (χ3v) is 21.1. The standard InChI is InChI=1S/C18H36O3Si3/c1-10-13-22(16(4)5)19-23(14-11-2,17(6)7)21-24(20-22,15-12-3)18(8)9/h10-12,16-18H,1-3,13-15H2,4-9H3. The van der Waals surface area contributed by atoms with Crippen molar-refractivity contribution < 1.29 is 12.3 Å². The van der Waals surface area contributed by atoms with Crippen LogP contribution in [-0.4, -0.2) is 25.7 Å². The van der Waals surface area contributed by atoms with Crippen molar-refractivity contribution in [3.05, 3.63) is 38.0 Å². The Labute approximate surface area is 152 Å². The Morgan fingerprint density at radius 3 is 0.917 bits per heavy atom. The second-order valence-electron chi connectivity index (χ2n) is 7.68. The second kappa shape index (κ2) is 8.42. The van der Waals surface area contributed by atoms with Crippen molar-refractivity contribution in [1.29, 1.82) is 0 Å². The lowest BCUT2D eigenvalue weighted by Crippen LogP contribution is -2.72. The summed E-state index contributed by atoms with van der Waals surface area (Å²) in [6.45, 7) is 25.3. The third kappa shape index (κ3) is 4.11. The van der Waals surface area contributed by atoms with E-state index in [1.165, 1.54) is 0 Å². The smallest absolute Gasteiger partial charge is 0.327 e. The second-order valence-corrected chi connectivity index (χ2v) is 19.7. The van der Waals surface area contributed by atoms with Crippen molar-refractivity contribution >= 4 is 25.7 Å². The Bertz CT molecular complexity index is 388. The van der Waals surface area contributed by atoms with Gasteiger partial charge in [0.05, 0.1) is 0 Å². The summed E-state index contributed by atoms with van der Waals surface area (Å²) in [6.07, 6.45) is 5.91. The zero-order chi connectivity index (χ0) is 18.6. The van der Waals surface area contributed by atoms with E-state index in [1.54, 1.807) is 0 Å². The van der Waals surface area contributed by atoms with Crippen LogP contribution < -0.4 is 0 Å². The minimum atomic E-state index is -2.45. The van der Waals surface area contributed by atoms with E-state index < -0.39 is 25.7 Å². The third-order valence-electron chi connectivity index (χ3n) is 4.96. The van der Waals surface area contributed by atoms with E-state index in [1.807, 2.05) is 18.2 Å². The molecule has 0 radical (unpaired) electrons. The summed E-state index contributed by atoms with van der Waals surface area (Å²) >= 11 is 0. The molecular formula is C18H36O3Si3. The van der Waals surface area contributed by atoms with Crippen LogP contribution in [0.5, 0.6) is 0 Å². The van der Waals surface area contributed by atoms with Crippen LogP contribution in [0.1, 0.15) is 41.5 Å². The van der Waals surface area contributed by atoms with Gasteiger partial charge < -0.3 is 12.3 Å². The Kier molecular flexibility index (Phi) is 7.65. The SMILES string of the molecule is C=CC[Si]1(C(C)C)O[Si](CC=C)(C(C)C)O[Si](CC=C)(C(C)C)O1. The van der Waals surface area contributed by atoms with Crippen molar-refractivity contribution in [3.63, 3.8) is 0 Å². The van der Waals surface area contributed by atoms with Crippen LogP contribution in [0.15, 0.2) is 38.0 Å². The molecule has 1 rings (SSSR count). The Morgan fingerprint density at radius 2 is 0.792 bits per heavy atom. The maximum atomic E-state index is 6.91. The molecule has 0 atom stereocenters. The van der Waals surface area contributed by atoms with Crippen molar-refractivity contribution in [3.8, 4) is 0 Å². The molecule has 1 heterocycles. The van der Waals surface area contributed by atoms with Crippen LogP contribution in [0, 0.1) is 0 Å². The molecule has 0 saturated carbocycles. The highest BCUT2D eigenvalue weighted by Crippen LogP contribution is 2.49. The van der Waals surface area contributed by atoms with Crippen molar-refractivity contribution in [2.75, 3.05) is 0 Å². The normalized spacial score (nSPS) is 33.9. The lowest BCUT2D eigenvalue weighted by molar-refractivity contribution is 0.196. The maximum Gasteiger partial charge on any atom is 0.327 e. The van der Waals surface area contributed by atoms with Crippen LogP contribution >= 0.6 is 0 Å².